The number of halogens is 1. The molecule has 0 saturated carbocycles. The summed E-state index contributed by atoms with van der Waals surface area (Å²) in [5.74, 6) is 1.38. The van der Waals surface area contributed by atoms with Crippen molar-refractivity contribution in [3.63, 3.8) is 0 Å². The fourth-order valence-electron chi connectivity index (χ4n) is 1.83. The minimum absolute atomic E-state index is 0. The van der Waals surface area contributed by atoms with E-state index >= 15 is 0 Å². The molecule has 4 nitrogen and oxygen atoms in total. The number of hydrogen-bond acceptors (Lipinski definition) is 2. The Morgan fingerprint density at radius 3 is 2.71 bits per heavy atom. The number of guanidine groups is 1. The zero-order valence-electron chi connectivity index (χ0n) is 11.4. The van der Waals surface area contributed by atoms with E-state index in [4.69, 9.17) is 10.5 Å². The Morgan fingerprint density at radius 2 is 2.18 bits per heavy atom. The van der Waals surface area contributed by atoms with Gasteiger partial charge in [0.25, 0.3) is 0 Å². The maximum atomic E-state index is 5.99. The quantitative estimate of drug-likeness (QED) is 0.479. The molecule has 102 valence electrons. The number of likely N-dealkylation sites (tertiary alicyclic amines) is 1. The second-order valence-corrected chi connectivity index (χ2v) is 5.33. The van der Waals surface area contributed by atoms with Gasteiger partial charge in [-0.1, -0.05) is 6.92 Å². The minimum Gasteiger partial charge on any atom is -0.377 e. The van der Waals surface area contributed by atoms with Gasteiger partial charge in [-0.15, -0.1) is 24.0 Å². The molecule has 2 N–H and O–H groups in total. The Morgan fingerprint density at radius 1 is 1.53 bits per heavy atom. The molecule has 1 heterocycles. The molecule has 1 aliphatic heterocycles. The Labute approximate surface area is 122 Å². The summed E-state index contributed by atoms with van der Waals surface area (Å²) in [6.45, 7) is 8.97. The van der Waals surface area contributed by atoms with Crippen LogP contribution in [0.5, 0.6) is 0 Å². The number of aliphatic imine (C=N–C) groups is 1. The molecule has 0 aromatic rings. The third-order valence-corrected chi connectivity index (χ3v) is 3.16. The molecule has 0 bridgehead atoms. The molecule has 0 aromatic heterocycles. The van der Waals surface area contributed by atoms with Crippen molar-refractivity contribution in [3.8, 4) is 0 Å². The van der Waals surface area contributed by atoms with Crippen LogP contribution >= 0.6 is 24.0 Å². The topological polar surface area (TPSA) is 50.9 Å². The van der Waals surface area contributed by atoms with Gasteiger partial charge in [0, 0.05) is 20.2 Å². The van der Waals surface area contributed by atoms with Crippen molar-refractivity contribution in [1.29, 1.82) is 0 Å². The van der Waals surface area contributed by atoms with Crippen LogP contribution in [0.2, 0.25) is 0 Å². The van der Waals surface area contributed by atoms with Crippen LogP contribution in [0.3, 0.4) is 0 Å². The molecular formula is C12H26IN3O. The molecule has 0 radical (unpaired) electrons. The van der Waals surface area contributed by atoms with Crippen LogP contribution in [0.1, 0.15) is 33.6 Å². The van der Waals surface area contributed by atoms with Crippen LogP contribution < -0.4 is 5.73 Å². The molecule has 1 aliphatic rings. The van der Waals surface area contributed by atoms with Crippen molar-refractivity contribution in [2.45, 2.75) is 39.2 Å². The molecule has 0 spiro atoms. The molecule has 1 rings (SSSR count). The number of nitrogens with zero attached hydrogens (tertiary/aromatic N) is 2. The Hall–Kier alpha value is -0.0400. The molecule has 1 atom stereocenters. The van der Waals surface area contributed by atoms with E-state index in [9.17, 15) is 0 Å². The van der Waals surface area contributed by atoms with Crippen LogP contribution in [-0.4, -0.2) is 43.2 Å². The van der Waals surface area contributed by atoms with E-state index in [1.54, 1.807) is 7.11 Å². The molecule has 0 aliphatic carbocycles. The molecule has 17 heavy (non-hydrogen) atoms. The van der Waals surface area contributed by atoms with Gasteiger partial charge in [-0.3, -0.25) is 4.99 Å². The van der Waals surface area contributed by atoms with Crippen molar-refractivity contribution in [2.75, 3.05) is 26.7 Å². The van der Waals surface area contributed by atoms with Crippen LogP contribution in [-0.2, 0) is 4.74 Å². The monoisotopic (exact) mass is 355 g/mol. The summed E-state index contributed by atoms with van der Waals surface area (Å²) in [4.78, 5) is 6.60. The highest BCUT2D eigenvalue weighted by Gasteiger charge is 2.19. The second kappa shape index (κ2) is 7.41. The summed E-state index contributed by atoms with van der Waals surface area (Å²) in [5.41, 5.74) is 5.76. The summed E-state index contributed by atoms with van der Waals surface area (Å²) < 4.78 is 5.32. The predicted octanol–water partition coefficient (Wildman–Crippen LogP) is 2.08. The lowest BCUT2D eigenvalue weighted by molar-refractivity contribution is 0.0309. The number of rotatable bonds is 3. The van der Waals surface area contributed by atoms with Gasteiger partial charge in [-0.2, -0.15) is 0 Å². The van der Waals surface area contributed by atoms with E-state index < -0.39 is 0 Å². The first kappa shape index (κ1) is 17.0. The summed E-state index contributed by atoms with van der Waals surface area (Å²) in [6, 6.07) is 0. The van der Waals surface area contributed by atoms with Crippen molar-refractivity contribution in [3.05, 3.63) is 0 Å². The van der Waals surface area contributed by atoms with E-state index in [1.807, 2.05) is 13.8 Å². The minimum atomic E-state index is -0.230. The molecule has 1 unspecified atom stereocenters. The van der Waals surface area contributed by atoms with E-state index in [2.05, 4.69) is 16.8 Å². The lowest BCUT2D eigenvalue weighted by Crippen LogP contribution is -2.44. The molecular weight excluding hydrogens is 329 g/mol. The summed E-state index contributed by atoms with van der Waals surface area (Å²) in [7, 11) is 1.70. The zero-order valence-corrected chi connectivity index (χ0v) is 13.7. The first-order valence-electron chi connectivity index (χ1n) is 6.04. The molecule has 0 aromatic carbocycles. The average Bonchev–Trinajstić information content (AvgIpc) is 2.26. The fourth-order valence-corrected chi connectivity index (χ4v) is 1.83. The summed E-state index contributed by atoms with van der Waals surface area (Å²) in [5, 5.41) is 0. The van der Waals surface area contributed by atoms with Crippen LogP contribution in [0.4, 0.5) is 0 Å². The van der Waals surface area contributed by atoms with Crippen LogP contribution in [0, 0.1) is 5.92 Å². The SMILES string of the molecule is COC(C)(C)CN=C(N)N1CCCC(C)C1.I. The van der Waals surface area contributed by atoms with E-state index in [1.165, 1.54) is 12.8 Å². The van der Waals surface area contributed by atoms with E-state index in [0.717, 1.165) is 19.0 Å². The van der Waals surface area contributed by atoms with Crippen molar-refractivity contribution < 1.29 is 4.74 Å². The van der Waals surface area contributed by atoms with Crippen LogP contribution in [0.15, 0.2) is 4.99 Å². The van der Waals surface area contributed by atoms with Crippen LogP contribution in [0.25, 0.3) is 0 Å². The smallest absolute Gasteiger partial charge is 0.191 e. The van der Waals surface area contributed by atoms with E-state index in [0.29, 0.717) is 12.5 Å². The number of nitrogens with two attached hydrogens (primary N) is 1. The highest BCUT2D eigenvalue weighted by Crippen LogP contribution is 2.15. The first-order chi connectivity index (χ1) is 7.44. The predicted molar refractivity (Wildman–Crippen MR) is 83.0 cm³/mol. The number of methoxy groups -OCH3 is 1. The zero-order chi connectivity index (χ0) is 12.2. The average molecular weight is 355 g/mol. The molecule has 1 saturated heterocycles. The summed E-state index contributed by atoms with van der Waals surface area (Å²) >= 11 is 0. The summed E-state index contributed by atoms with van der Waals surface area (Å²) in [6.07, 6.45) is 2.51. The number of piperidine rings is 1. The lowest BCUT2D eigenvalue weighted by Gasteiger charge is -2.32. The number of hydrogen-bond donors (Lipinski definition) is 1. The van der Waals surface area contributed by atoms with Crippen molar-refractivity contribution >= 4 is 29.9 Å². The van der Waals surface area contributed by atoms with Gasteiger partial charge in [0.2, 0.25) is 0 Å². The molecule has 0 amide bonds. The molecule has 1 fully saturated rings. The highest BCUT2D eigenvalue weighted by molar-refractivity contribution is 14.0. The van der Waals surface area contributed by atoms with Gasteiger partial charge in [0.05, 0.1) is 12.1 Å². The van der Waals surface area contributed by atoms with Gasteiger partial charge in [-0.05, 0) is 32.6 Å². The number of ether oxygens (including phenoxy) is 1. The molecule has 5 heteroatoms. The maximum absolute atomic E-state index is 5.99. The van der Waals surface area contributed by atoms with Crippen molar-refractivity contribution in [1.82, 2.24) is 4.90 Å². The third kappa shape index (κ3) is 5.90. The third-order valence-electron chi connectivity index (χ3n) is 3.16. The normalized spacial score (nSPS) is 22.2. The first-order valence-corrected chi connectivity index (χ1v) is 6.04. The standard InChI is InChI=1S/C12H25N3O.HI/c1-10-6-5-7-15(8-10)11(13)14-9-12(2,3)16-4;/h10H,5-9H2,1-4H3,(H2,13,14);1H. The largest absolute Gasteiger partial charge is 0.377 e. The van der Waals surface area contributed by atoms with Gasteiger partial charge < -0.3 is 15.4 Å². The van der Waals surface area contributed by atoms with Gasteiger partial charge >= 0.3 is 0 Å². The van der Waals surface area contributed by atoms with E-state index in [-0.39, 0.29) is 29.6 Å². The fraction of sp³-hybridized carbons (Fsp3) is 0.917. The second-order valence-electron chi connectivity index (χ2n) is 5.33. The van der Waals surface area contributed by atoms with Crippen molar-refractivity contribution in [2.24, 2.45) is 16.6 Å². The lowest BCUT2D eigenvalue weighted by atomic mass is 10.0. The Kier molecular flexibility index (Phi) is 7.39. The van der Waals surface area contributed by atoms with Gasteiger partial charge in [0.1, 0.15) is 0 Å². The maximum Gasteiger partial charge on any atom is 0.191 e. The highest BCUT2D eigenvalue weighted by atomic mass is 127. The Balaban J connectivity index is 0.00000256. The Bertz CT molecular complexity index is 256. The van der Waals surface area contributed by atoms with Gasteiger partial charge in [0.15, 0.2) is 5.96 Å². The van der Waals surface area contributed by atoms with Gasteiger partial charge in [-0.25, -0.2) is 0 Å².